The van der Waals surface area contributed by atoms with Crippen LogP contribution in [0.2, 0.25) is 0 Å². The Morgan fingerprint density at radius 3 is 3.00 bits per heavy atom. The van der Waals surface area contributed by atoms with E-state index in [-0.39, 0.29) is 5.82 Å². The van der Waals surface area contributed by atoms with Gasteiger partial charge in [-0.05, 0) is 18.6 Å². The fourth-order valence-corrected chi connectivity index (χ4v) is 1.99. The van der Waals surface area contributed by atoms with Crippen LogP contribution >= 0.6 is 0 Å². The Kier molecular flexibility index (Phi) is 3.54. The fourth-order valence-electron chi connectivity index (χ4n) is 1.99. The van der Waals surface area contributed by atoms with Crippen LogP contribution in [-0.4, -0.2) is 24.6 Å². The van der Waals surface area contributed by atoms with Gasteiger partial charge in [0.25, 0.3) is 0 Å². The highest BCUT2D eigenvalue weighted by Crippen LogP contribution is 2.23. The first-order chi connectivity index (χ1) is 8.27. The van der Waals surface area contributed by atoms with E-state index in [1.807, 2.05) is 10.6 Å². The second-order valence-electron chi connectivity index (χ2n) is 3.88. The molecule has 4 heteroatoms. The average Bonchev–Trinajstić information content (AvgIpc) is 2.70. The molecule has 3 nitrogen and oxygen atoms in total. The molecule has 0 aliphatic rings. The number of nitrogens with zero attached hydrogens (tertiary/aromatic N) is 1. The van der Waals surface area contributed by atoms with Crippen molar-refractivity contribution in [3.63, 3.8) is 0 Å². The summed E-state index contributed by atoms with van der Waals surface area (Å²) in [5, 5.41) is 0.403. The van der Waals surface area contributed by atoms with Gasteiger partial charge < -0.3 is 9.30 Å². The van der Waals surface area contributed by atoms with Crippen LogP contribution in [0.1, 0.15) is 16.8 Å². The molecule has 90 valence electrons. The zero-order chi connectivity index (χ0) is 12.3. The van der Waals surface area contributed by atoms with Crippen molar-refractivity contribution in [1.82, 2.24) is 4.57 Å². The number of fused-ring (bicyclic) bond motifs is 1. The summed E-state index contributed by atoms with van der Waals surface area (Å²) in [5.41, 5.74) is 1.15. The highest BCUT2D eigenvalue weighted by atomic mass is 19.1. The van der Waals surface area contributed by atoms with Crippen molar-refractivity contribution in [2.75, 3.05) is 13.7 Å². The maximum absolute atomic E-state index is 13.6. The number of ether oxygens (including phenoxy) is 1. The minimum absolute atomic E-state index is 0.352. The van der Waals surface area contributed by atoms with Crippen LogP contribution in [0.4, 0.5) is 4.39 Å². The Bertz CT molecular complexity index is 533. The summed E-state index contributed by atoms with van der Waals surface area (Å²) in [6.45, 7) is 1.35. The van der Waals surface area contributed by atoms with Crippen molar-refractivity contribution in [1.29, 1.82) is 0 Å². The SMILES string of the molecule is COCCCn1cc(C=O)c2c(F)cccc21. The van der Waals surface area contributed by atoms with E-state index >= 15 is 0 Å². The van der Waals surface area contributed by atoms with E-state index in [0.29, 0.717) is 30.4 Å². The lowest BCUT2D eigenvalue weighted by atomic mass is 10.2. The van der Waals surface area contributed by atoms with E-state index in [0.717, 1.165) is 11.9 Å². The summed E-state index contributed by atoms with van der Waals surface area (Å²) in [7, 11) is 1.64. The summed E-state index contributed by atoms with van der Waals surface area (Å²) in [6.07, 6.45) is 3.21. The van der Waals surface area contributed by atoms with Gasteiger partial charge in [-0.2, -0.15) is 0 Å². The van der Waals surface area contributed by atoms with Crippen molar-refractivity contribution in [2.45, 2.75) is 13.0 Å². The summed E-state index contributed by atoms with van der Waals surface area (Å²) in [5.74, 6) is -0.352. The third kappa shape index (κ3) is 2.22. The molecule has 0 radical (unpaired) electrons. The number of hydrogen-bond donors (Lipinski definition) is 0. The molecule has 0 amide bonds. The minimum Gasteiger partial charge on any atom is -0.385 e. The number of carbonyl (C=O) groups excluding carboxylic acids is 1. The highest BCUT2D eigenvalue weighted by Gasteiger charge is 2.11. The van der Waals surface area contributed by atoms with E-state index in [1.165, 1.54) is 6.07 Å². The first-order valence-corrected chi connectivity index (χ1v) is 5.49. The zero-order valence-corrected chi connectivity index (χ0v) is 9.65. The molecular weight excluding hydrogens is 221 g/mol. The Labute approximate surface area is 98.8 Å². The Hall–Kier alpha value is -1.68. The number of methoxy groups -OCH3 is 1. The summed E-state index contributed by atoms with van der Waals surface area (Å²) < 4.78 is 20.5. The van der Waals surface area contributed by atoms with Gasteiger partial charge in [-0.3, -0.25) is 4.79 Å². The lowest BCUT2D eigenvalue weighted by Gasteiger charge is -2.04. The Balaban J connectivity index is 2.43. The summed E-state index contributed by atoms with van der Waals surface area (Å²) in [4.78, 5) is 10.9. The molecule has 0 atom stereocenters. The molecule has 0 N–H and O–H groups in total. The van der Waals surface area contributed by atoms with Crippen molar-refractivity contribution in [2.24, 2.45) is 0 Å². The van der Waals surface area contributed by atoms with Crippen LogP contribution in [0.5, 0.6) is 0 Å². The van der Waals surface area contributed by atoms with Crippen LogP contribution < -0.4 is 0 Å². The molecular formula is C13H14FNO2. The normalized spacial score (nSPS) is 10.9. The molecule has 1 aromatic carbocycles. The standard InChI is InChI=1S/C13H14FNO2/c1-17-7-3-6-15-8-10(9-16)13-11(14)4-2-5-12(13)15/h2,4-5,8-9H,3,6-7H2,1H3. The molecule has 0 aliphatic carbocycles. The Morgan fingerprint density at radius 2 is 2.29 bits per heavy atom. The number of aryl methyl sites for hydroxylation is 1. The predicted octanol–water partition coefficient (Wildman–Crippen LogP) is 2.63. The van der Waals surface area contributed by atoms with E-state index in [9.17, 15) is 9.18 Å². The summed E-state index contributed by atoms with van der Waals surface area (Å²) >= 11 is 0. The first-order valence-electron chi connectivity index (χ1n) is 5.49. The maximum atomic E-state index is 13.6. The van der Waals surface area contributed by atoms with Crippen LogP contribution in [-0.2, 0) is 11.3 Å². The van der Waals surface area contributed by atoms with Gasteiger partial charge in [0.1, 0.15) is 5.82 Å². The molecule has 2 aromatic rings. The number of rotatable bonds is 5. The molecule has 17 heavy (non-hydrogen) atoms. The third-order valence-electron chi connectivity index (χ3n) is 2.76. The molecule has 2 rings (SSSR count). The molecule has 1 aromatic heterocycles. The number of aldehydes is 1. The molecule has 0 saturated carbocycles. The lowest BCUT2D eigenvalue weighted by Crippen LogP contribution is -1.99. The van der Waals surface area contributed by atoms with Gasteiger partial charge in [-0.15, -0.1) is 0 Å². The second-order valence-corrected chi connectivity index (χ2v) is 3.88. The van der Waals surface area contributed by atoms with Crippen LogP contribution in [0.25, 0.3) is 10.9 Å². The molecule has 0 saturated heterocycles. The minimum atomic E-state index is -0.352. The largest absolute Gasteiger partial charge is 0.385 e. The molecule has 0 fully saturated rings. The second kappa shape index (κ2) is 5.10. The lowest BCUT2D eigenvalue weighted by molar-refractivity contribution is 0.112. The molecule has 1 heterocycles. The molecule has 0 unspecified atom stereocenters. The van der Waals surface area contributed by atoms with Crippen molar-refractivity contribution < 1.29 is 13.9 Å². The highest BCUT2D eigenvalue weighted by molar-refractivity contribution is 5.97. The maximum Gasteiger partial charge on any atom is 0.152 e. The molecule has 0 bridgehead atoms. The van der Waals surface area contributed by atoms with Crippen molar-refractivity contribution in [3.05, 3.63) is 35.8 Å². The topological polar surface area (TPSA) is 31.2 Å². The number of carbonyl (C=O) groups is 1. The van der Waals surface area contributed by atoms with Gasteiger partial charge >= 0.3 is 0 Å². The van der Waals surface area contributed by atoms with Gasteiger partial charge in [0.05, 0.1) is 5.52 Å². The van der Waals surface area contributed by atoms with Gasteiger partial charge in [-0.25, -0.2) is 4.39 Å². The number of hydrogen-bond acceptors (Lipinski definition) is 2. The predicted molar refractivity (Wildman–Crippen MR) is 63.8 cm³/mol. The quantitative estimate of drug-likeness (QED) is 0.589. The van der Waals surface area contributed by atoms with Crippen LogP contribution in [0.3, 0.4) is 0 Å². The number of aromatic nitrogens is 1. The zero-order valence-electron chi connectivity index (χ0n) is 9.65. The van der Waals surface area contributed by atoms with Crippen LogP contribution in [0.15, 0.2) is 24.4 Å². The molecule has 0 aliphatic heterocycles. The number of benzene rings is 1. The van der Waals surface area contributed by atoms with E-state index in [2.05, 4.69) is 0 Å². The Morgan fingerprint density at radius 1 is 1.47 bits per heavy atom. The fraction of sp³-hybridized carbons (Fsp3) is 0.308. The number of halogens is 1. The van der Waals surface area contributed by atoms with Crippen molar-refractivity contribution in [3.8, 4) is 0 Å². The van der Waals surface area contributed by atoms with Gasteiger partial charge in [0.15, 0.2) is 6.29 Å². The van der Waals surface area contributed by atoms with E-state index in [1.54, 1.807) is 19.4 Å². The van der Waals surface area contributed by atoms with E-state index in [4.69, 9.17) is 4.74 Å². The van der Waals surface area contributed by atoms with Gasteiger partial charge in [0, 0.05) is 37.4 Å². The first kappa shape index (κ1) is 11.8. The van der Waals surface area contributed by atoms with Crippen molar-refractivity contribution >= 4 is 17.2 Å². The smallest absolute Gasteiger partial charge is 0.152 e. The summed E-state index contributed by atoms with van der Waals surface area (Å²) in [6, 6.07) is 4.84. The van der Waals surface area contributed by atoms with Crippen LogP contribution in [0, 0.1) is 5.82 Å². The third-order valence-corrected chi connectivity index (χ3v) is 2.76. The molecule has 0 spiro atoms. The van der Waals surface area contributed by atoms with E-state index < -0.39 is 0 Å². The monoisotopic (exact) mass is 235 g/mol. The van der Waals surface area contributed by atoms with Gasteiger partial charge in [0.2, 0.25) is 0 Å². The van der Waals surface area contributed by atoms with Gasteiger partial charge in [-0.1, -0.05) is 6.07 Å². The average molecular weight is 235 g/mol.